The van der Waals surface area contributed by atoms with E-state index < -0.39 is 0 Å². The van der Waals surface area contributed by atoms with Gasteiger partial charge in [-0.05, 0) is 27.4 Å². The van der Waals surface area contributed by atoms with E-state index in [4.69, 9.17) is 18.1 Å². The number of para-hydroxylation sites is 2. The Balaban J connectivity index is 1.92. The van der Waals surface area contributed by atoms with E-state index in [9.17, 15) is 0 Å². The summed E-state index contributed by atoms with van der Waals surface area (Å²) in [7, 11) is 1.63. The van der Waals surface area contributed by atoms with Gasteiger partial charge < -0.3 is 18.1 Å². The van der Waals surface area contributed by atoms with Gasteiger partial charge in [-0.25, -0.2) is 0 Å². The fourth-order valence-electron chi connectivity index (χ4n) is 2.76. The van der Waals surface area contributed by atoms with Crippen molar-refractivity contribution in [1.29, 1.82) is 0 Å². The lowest BCUT2D eigenvalue weighted by atomic mass is 10.3. The Hall–Kier alpha value is -3.61. The number of fused-ring (bicyclic) bond motifs is 4. The smallest absolute Gasteiger partial charge is 0.189 e. The second kappa shape index (κ2) is 7.67. The van der Waals surface area contributed by atoms with Crippen molar-refractivity contribution >= 4 is 67.3 Å². The van der Waals surface area contributed by atoms with E-state index in [0.717, 1.165) is 0 Å². The molecule has 0 spiro atoms. The molecule has 0 aliphatic carbocycles. The number of hydrogen-bond acceptors (Lipinski definition) is 8. The molecule has 0 bridgehead atoms. The summed E-state index contributed by atoms with van der Waals surface area (Å²) in [5.41, 5.74) is 3.66. The van der Waals surface area contributed by atoms with Crippen LogP contribution in [0.5, 0.6) is 0 Å². The summed E-state index contributed by atoms with van der Waals surface area (Å²) >= 11 is 1.88. The molecular weight excluding hydrogens is 503 g/mol. The molecule has 0 aliphatic heterocycles. The van der Waals surface area contributed by atoms with E-state index in [1.54, 1.807) is 43.4 Å². The van der Waals surface area contributed by atoms with Crippen molar-refractivity contribution in [2.75, 3.05) is 0 Å². The van der Waals surface area contributed by atoms with Gasteiger partial charge in [0, 0.05) is 12.1 Å². The fraction of sp³-hybridized carbons (Fsp3) is 0.0526. The first kappa shape index (κ1) is 18.4. The molecule has 150 valence electrons. The molecule has 0 saturated carbocycles. The molecule has 0 atom stereocenters. The van der Waals surface area contributed by atoms with Crippen LogP contribution in [0, 0.1) is 0 Å². The van der Waals surface area contributed by atoms with Gasteiger partial charge in [-0.15, -0.1) is 20.4 Å². The summed E-state index contributed by atoms with van der Waals surface area (Å²) in [4.78, 5) is 1.22. The highest BCUT2D eigenvalue weighted by molar-refractivity contribution is 14.1. The molecule has 10 nitrogen and oxygen atoms in total. The van der Waals surface area contributed by atoms with Crippen molar-refractivity contribution in [3.05, 3.63) is 60.7 Å². The van der Waals surface area contributed by atoms with Crippen molar-refractivity contribution in [2.45, 2.75) is 0 Å². The largest absolute Gasteiger partial charge is 0.348 e. The van der Waals surface area contributed by atoms with Gasteiger partial charge in [0.05, 0.1) is 7.05 Å². The molecule has 5 rings (SSSR count). The van der Waals surface area contributed by atoms with Crippen LogP contribution in [0.1, 0.15) is 0 Å². The van der Waals surface area contributed by atoms with Gasteiger partial charge in [0.2, 0.25) is 0 Å². The lowest BCUT2D eigenvalue weighted by molar-refractivity contribution is 0.106. The first-order valence-corrected chi connectivity index (χ1v) is 9.73. The number of rotatable bonds is 0. The molecule has 0 fully saturated rings. The predicted octanol–water partition coefficient (Wildman–Crippen LogP) is 4.96. The number of aryl methyl sites for hydroxylation is 1. The normalized spacial score (nSPS) is 11.0. The number of halogens is 1. The molecule has 0 N–H and O–H groups in total. The highest BCUT2D eigenvalue weighted by atomic mass is 127. The Kier molecular flexibility index (Phi) is 4.71. The topological polar surface area (TPSA) is 114 Å². The fourth-order valence-corrected chi connectivity index (χ4v) is 3.18. The van der Waals surface area contributed by atoms with Gasteiger partial charge in [0.15, 0.2) is 45.2 Å². The molecule has 5 aromatic rings. The summed E-state index contributed by atoms with van der Waals surface area (Å²) in [6.45, 7) is 0. The third kappa shape index (κ3) is 3.66. The average molecular weight is 516 g/mol. The zero-order chi connectivity index (χ0) is 20.5. The number of hydrogen-bond donors (Lipinski definition) is 0. The molecule has 11 heteroatoms. The van der Waals surface area contributed by atoms with Crippen LogP contribution in [0.15, 0.2) is 78.8 Å². The minimum absolute atomic E-state index is 0.360. The number of aromatic nitrogens is 6. The summed E-state index contributed by atoms with van der Waals surface area (Å²) < 4.78 is 24.1. The Morgan fingerprint density at radius 1 is 0.600 bits per heavy atom. The van der Waals surface area contributed by atoms with Gasteiger partial charge in [0.25, 0.3) is 0 Å². The zero-order valence-electron chi connectivity index (χ0n) is 15.5. The SMILES string of the molecule is Cn1oc2ccccc2nnc2cc3on(I)oc4ccccc4nnc3cc2o1. The lowest BCUT2D eigenvalue weighted by Gasteiger charge is -1.96. The van der Waals surface area contributed by atoms with Crippen LogP contribution in [0.2, 0.25) is 0 Å². The Labute approximate surface area is 181 Å². The number of benzene rings is 3. The maximum absolute atomic E-state index is 5.79. The minimum Gasteiger partial charge on any atom is -0.348 e. The van der Waals surface area contributed by atoms with Crippen LogP contribution in [-0.4, -0.2) is 28.4 Å². The van der Waals surface area contributed by atoms with Crippen molar-refractivity contribution in [3.63, 3.8) is 0 Å². The summed E-state index contributed by atoms with van der Waals surface area (Å²) in [5.74, 6) is 0. The van der Waals surface area contributed by atoms with Crippen LogP contribution in [0.4, 0.5) is 0 Å². The van der Waals surface area contributed by atoms with E-state index in [0.29, 0.717) is 44.4 Å². The highest BCUT2D eigenvalue weighted by Gasteiger charge is 2.06. The van der Waals surface area contributed by atoms with Gasteiger partial charge >= 0.3 is 0 Å². The molecule has 0 aliphatic rings. The maximum Gasteiger partial charge on any atom is 0.189 e. The molecule has 0 amide bonds. The van der Waals surface area contributed by atoms with Crippen LogP contribution in [0.25, 0.3) is 44.4 Å². The average Bonchev–Trinajstić information content (AvgIpc) is 2.84. The monoisotopic (exact) mass is 516 g/mol. The second-order valence-corrected chi connectivity index (χ2v) is 6.93. The molecule has 2 aromatic heterocycles. The van der Waals surface area contributed by atoms with Crippen molar-refractivity contribution in [1.82, 2.24) is 28.4 Å². The van der Waals surface area contributed by atoms with Crippen molar-refractivity contribution < 1.29 is 18.1 Å². The molecule has 3 aromatic carbocycles. The quantitative estimate of drug-likeness (QED) is 0.266. The molecule has 0 saturated heterocycles. The summed E-state index contributed by atoms with van der Waals surface area (Å²) in [6.07, 6.45) is 0. The molecule has 30 heavy (non-hydrogen) atoms. The Bertz CT molecular complexity index is 1430. The molecule has 0 unspecified atom stereocenters. The van der Waals surface area contributed by atoms with E-state index >= 15 is 0 Å². The standard InChI is InChI=1S/C19H13IN6O4/c1-25-27-16-8-4-2-6-12(16)21-23-14-11-19-15(10-18(14)28-25)24-22-13-7-3-5-9-17(13)29-26(20)30-19/h2-11H,1H3. The summed E-state index contributed by atoms with van der Waals surface area (Å²) in [6, 6.07) is 17.8. The van der Waals surface area contributed by atoms with Gasteiger partial charge in [0.1, 0.15) is 22.1 Å². The highest BCUT2D eigenvalue weighted by Crippen LogP contribution is 2.19. The van der Waals surface area contributed by atoms with E-state index in [1.165, 1.54) is 8.04 Å². The van der Waals surface area contributed by atoms with Crippen LogP contribution in [-0.2, 0) is 7.05 Å². The third-order valence-electron chi connectivity index (χ3n) is 4.10. The number of nitrogens with zero attached hydrogens (tertiary/aromatic N) is 6. The molecule has 0 radical (unpaired) electrons. The minimum atomic E-state index is 0.360. The molecular formula is C19H13IN6O4. The Morgan fingerprint density at radius 3 is 1.67 bits per heavy atom. The van der Waals surface area contributed by atoms with E-state index in [-0.39, 0.29) is 0 Å². The van der Waals surface area contributed by atoms with E-state index in [2.05, 4.69) is 20.4 Å². The van der Waals surface area contributed by atoms with Crippen LogP contribution in [0.3, 0.4) is 0 Å². The third-order valence-corrected chi connectivity index (χ3v) is 4.49. The van der Waals surface area contributed by atoms with Crippen LogP contribution >= 0.6 is 22.9 Å². The maximum atomic E-state index is 5.79. The second-order valence-electron chi connectivity index (χ2n) is 6.14. The van der Waals surface area contributed by atoms with Gasteiger partial charge in [-0.1, -0.05) is 29.2 Å². The molecule has 2 heterocycles. The van der Waals surface area contributed by atoms with Crippen molar-refractivity contribution in [3.8, 4) is 0 Å². The zero-order valence-corrected chi connectivity index (χ0v) is 17.6. The predicted molar refractivity (Wildman–Crippen MR) is 116 cm³/mol. The van der Waals surface area contributed by atoms with Gasteiger partial charge in [-0.3, -0.25) is 0 Å². The van der Waals surface area contributed by atoms with Crippen molar-refractivity contribution in [2.24, 2.45) is 7.05 Å². The van der Waals surface area contributed by atoms with Crippen LogP contribution < -0.4 is 0 Å². The summed E-state index contributed by atoms with van der Waals surface area (Å²) in [5, 5.41) is 17.2. The first-order chi connectivity index (χ1) is 14.7. The first-order valence-electron chi connectivity index (χ1n) is 8.77. The lowest BCUT2D eigenvalue weighted by Crippen LogP contribution is -1.86. The Morgan fingerprint density at radius 2 is 1.03 bits per heavy atom. The van der Waals surface area contributed by atoms with E-state index in [1.807, 2.05) is 47.1 Å². The van der Waals surface area contributed by atoms with Gasteiger partial charge in [-0.2, -0.15) is 0 Å².